The summed E-state index contributed by atoms with van der Waals surface area (Å²) in [4.78, 5) is 27.6. The third kappa shape index (κ3) is 3.57. The number of rotatable bonds is 4. The summed E-state index contributed by atoms with van der Waals surface area (Å²) in [7, 11) is 1.52. The number of carbonyl (C=O) groups is 2. The highest BCUT2D eigenvalue weighted by molar-refractivity contribution is 6.51. The fourth-order valence-electron chi connectivity index (χ4n) is 3.80. The van der Waals surface area contributed by atoms with Crippen LogP contribution in [0.1, 0.15) is 22.7 Å². The summed E-state index contributed by atoms with van der Waals surface area (Å²) in [5, 5.41) is 11.0. The van der Waals surface area contributed by atoms with Crippen molar-refractivity contribution in [3.05, 3.63) is 101 Å². The SMILES string of the molecule is COc1cccc(C2/C(=C(/O)c3ccc(F)cc3)C(=O)C(=O)N2c2ccccc2C)c1. The number of anilines is 1. The molecule has 5 nitrogen and oxygen atoms in total. The minimum absolute atomic E-state index is 0.0619. The average Bonchev–Trinajstić information content (AvgIpc) is 3.05. The lowest BCUT2D eigenvalue weighted by Crippen LogP contribution is -2.30. The summed E-state index contributed by atoms with van der Waals surface area (Å²) in [5.41, 5.74) is 2.16. The van der Waals surface area contributed by atoms with Crippen molar-refractivity contribution in [2.45, 2.75) is 13.0 Å². The number of aryl methyl sites for hydroxylation is 1. The number of amides is 1. The Kier molecular flexibility index (Phi) is 5.29. The molecule has 1 fully saturated rings. The first kappa shape index (κ1) is 20.3. The van der Waals surface area contributed by atoms with Crippen LogP contribution in [0.25, 0.3) is 5.76 Å². The average molecular weight is 417 g/mol. The molecule has 0 radical (unpaired) electrons. The van der Waals surface area contributed by atoms with Gasteiger partial charge >= 0.3 is 0 Å². The van der Waals surface area contributed by atoms with Crippen molar-refractivity contribution in [2.24, 2.45) is 0 Å². The van der Waals surface area contributed by atoms with E-state index in [1.54, 1.807) is 36.4 Å². The number of ether oxygens (including phenoxy) is 1. The van der Waals surface area contributed by atoms with E-state index in [0.29, 0.717) is 17.0 Å². The highest BCUT2D eigenvalue weighted by Gasteiger charge is 2.47. The standard InChI is InChI=1S/C25H20FNO4/c1-15-6-3-4-9-20(15)27-22(17-7-5-8-19(14-17)31-2)21(24(29)25(27)30)23(28)16-10-12-18(26)13-11-16/h3-14,22,28H,1-2H3/b23-21-. The minimum atomic E-state index is -0.874. The molecule has 0 spiro atoms. The van der Waals surface area contributed by atoms with Crippen LogP contribution in [0.2, 0.25) is 0 Å². The van der Waals surface area contributed by atoms with Crippen molar-refractivity contribution < 1.29 is 23.8 Å². The second kappa shape index (κ2) is 8.07. The van der Waals surface area contributed by atoms with Crippen molar-refractivity contribution in [2.75, 3.05) is 12.0 Å². The molecule has 1 atom stereocenters. The van der Waals surface area contributed by atoms with E-state index in [2.05, 4.69) is 0 Å². The van der Waals surface area contributed by atoms with Gasteiger partial charge in [0.15, 0.2) is 0 Å². The van der Waals surface area contributed by atoms with Gasteiger partial charge in [0.05, 0.1) is 18.7 Å². The Morgan fingerprint density at radius 3 is 2.39 bits per heavy atom. The number of carbonyl (C=O) groups excluding carboxylic acids is 2. The smallest absolute Gasteiger partial charge is 0.300 e. The molecule has 0 saturated carbocycles. The molecule has 1 amide bonds. The first-order valence-corrected chi connectivity index (χ1v) is 9.69. The van der Waals surface area contributed by atoms with E-state index < -0.39 is 23.5 Å². The van der Waals surface area contributed by atoms with Crippen LogP contribution >= 0.6 is 0 Å². The second-order valence-corrected chi connectivity index (χ2v) is 7.24. The molecular weight excluding hydrogens is 397 g/mol. The summed E-state index contributed by atoms with van der Waals surface area (Å²) in [6.07, 6.45) is 0. The molecule has 6 heteroatoms. The number of benzene rings is 3. The van der Waals surface area contributed by atoms with E-state index >= 15 is 0 Å². The number of aliphatic hydroxyl groups excluding tert-OH is 1. The summed E-state index contributed by atoms with van der Waals surface area (Å²) >= 11 is 0. The Balaban J connectivity index is 1.97. The minimum Gasteiger partial charge on any atom is -0.507 e. The molecule has 3 aromatic rings. The molecule has 1 heterocycles. The Morgan fingerprint density at radius 2 is 1.71 bits per heavy atom. The molecule has 3 aromatic carbocycles. The maximum atomic E-state index is 13.4. The van der Waals surface area contributed by atoms with Gasteiger partial charge in [-0.2, -0.15) is 0 Å². The number of halogens is 1. The zero-order valence-electron chi connectivity index (χ0n) is 17.0. The quantitative estimate of drug-likeness (QED) is 0.377. The summed E-state index contributed by atoms with van der Waals surface area (Å²) in [5.74, 6) is -1.83. The van der Waals surface area contributed by atoms with E-state index in [1.165, 1.54) is 36.3 Å². The van der Waals surface area contributed by atoms with Crippen LogP contribution in [0.4, 0.5) is 10.1 Å². The topological polar surface area (TPSA) is 66.8 Å². The lowest BCUT2D eigenvalue weighted by molar-refractivity contribution is -0.132. The number of Topliss-reactive ketones (excluding diaryl/α,β-unsaturated/α-hetero) is 1. The molecule has 0 aliphatic carbocycles. The molecule has 156 valence electrons. The Labute approximate surface area is 179 Å². The van der Waals surface area contributed by atoms with Gasteiger partial charge in [0.2, 0.25) is 0 Å². The predicted octanol–water partition coefficient (Wildman–Crippen LogP) is 4.77. The maximum Gasteiger partial charge on any atom is 0.300 e. The number of aliphatic hydroxyl groups is 1. The fourth-order valence-corrected chi connectivity index (χ4v) is 3.80. The Morgan fingerprint density at radius 1 is 1.00 bits per heavy atom. The van der Waals surface area contributed by atoms with Crippen LogP contribution in [-0.4, -0.2) is 23.9 Å². The summed E-state index contributed by atoms with van der Waals surface area (Å²) in [6.45, 7) is 1.84. The molecule has 0 bridgehead atoms. The third-order valence-corrected chi connectivity index (χ3v) is 5.35. The largest absolute Gasteiger partial charge is 0.507 e. The monoisotopic (exact) mass is 417 g/mol. The van der Waals surface area contributed by atoms with Crippen molar-refractivity contribution in [1.82, 2.24) is 0 Å². The van der Waals surface area contributed by atoms with E-state index in [-0.39, 0.29) is 16.9 Å². The van der Waals surface area contributed by atoms with Gasteiger partial charge in [0.25, 0.3) is 11.7 Å². The second-order valence-electron chi connectivity index (χ2n) is 7.24. The number of para-hydroxylation sites is 1. The van der Waals surface area contributed by atoms with Crippen molar-refractivity contribution in [3.8, 4) is 5.75 Å². The normalized spacial score (nSPS) is 17.8. The number of ketones is 1. The van der Waals surface area contributed by atoms with Crippen LogP contribution in [0.15, 0.2) is 78.4 Å². The van der Waals surface area contributed by atoms with Crippen LogP contribution in [0, 0.1) is 12.7 Å². The van der Waals surface area contributed by atoms with Gasteiger partial charge in [-0.1, -0.05) is 30.3 Å². The van der Waals surface area contributed by atoms with E-state index in [9.17, 15) is 19.1 Å². The van der Waals surface area contributed by atoms with Crippen LogP contribution in [0.3, 0.4) is 0 Å². The molecule has 31 heavy (non-hydrogen) atoms. The first-order chi connectivity index (χ1) is 14.9. The van der Waals surface area contributed by atoms with Crippen LogP contribution < -0.4 is 9.64 Å². The van der Waals surface area contributed by atoms with Gasteiger partial charge in [-0.25, -0.2) is 4.39 Å². The highest BCUT2D eigenvalue weighted by Crippen LogP contribution is 2.43. The maximum absolute atomic E-state index is 13.4. The van der Waals surface area contributed by atoms with Gasteiger partial charge in [0.1, 0.15) is 17.3 Å². The third-order valence-electron chi connectivity index (χ3n) is 5.35. The van der Waals surface area contributed by atoms with Crippen molar-refractivity contribution >= 4 is 23.1 Å². The number of methoxy groups -OCH3 is 1. The van der Waals surface area contributed by atoms with Crippen LogP contribution in [0.5, 0.6) is 5.75 Å². The lowest BCUT2D eigenvalue weighted by Gasteiger charge is -2.27. The molecule has 1 N–H and O–H groups in total. The van der Waals surface area contributed by atoms with Gasteiger partial charge < -0.3 is 9.84 Å². The van der Waals surface area contributed by atoms with Gasteiger partial charge in [-0.15, -0.1) is 0 Å². The zero-order valence-corrected chi connectivity index (χ0v) is 17.0. The molecule has 4 rings (SSSR count). The number of hydrogen-bond acceptors (Lipinski definition) is 4. The summed E-state index contributed by atoms with van der Waals surface area (Å²) < 4.78 is 18.7. The van der Waals surface area contributed by atoms with Crippen LogP contribution in [-0.2, 0) is 9.59 Å². The highest BCUT2D eigenvalue weighted by atomic mass is 19.1. The Bertz CT molecular complexity index is 1200. The van der Waals surface area contributed by atoms with Gasteiger partial charge in [0, 0.05) is 11.3 Å². The molecule has 0 aromatic heterocycles. The Hall–Kier alpha value is -3.93. The molecular formula is C25H20FNO4. The predicted molar refractivity (Wildman–Crippen MR) is 115 cm³/mol. The number of nitrogens with zero attached hydrogens (tertiary/aromatic N) is 1. The number of hydrogen-bond donors (Lipinski definition) is 1. The lowest BCUT2D eigenvalue weighted by atomic mass is 9.94. The first-order valence-electron chi connectivity index (χ1n) is 9.69. The molecule has 1 saturated heterocycles. The van der Waals surface area contributed by atoms with E-state index in [1.807, 2.05) is 19.1 Å². The molecule has 1 aliphatic heterocycles. The van der Waals surface area contributed by atoms with E-state index in [4.69, 9.17) is 4.74 Å². The molecule has 1 aliphatic rings. The van der Waals surface area contributed by atoms with Gasteiger partial charge in [-0.05, 0) is 60.5 Å². The summed E-state index contributed by atoms with van der Waals surface area (Å²) in [6, 6.07) is 18.5. The van der Waals surface area contributed by atoms with E-state index in [0.717, 1.165) is 5.56 Å². The molecule has 1 unspecified atom stereocenters. The van der Waals surface area contributed by atoms with Crippen molar-refractivity contribution in [3.63, 3.8) is 0 Å². The van der Waals surface area contributed by atoms with Gasteiger partial charge in [-0.3, -0.25) is 14.5 Å². The zero-order chi connectivity index (χ0) is 22.1. The van der Waals surface area contributed by atoms with Crippen molar-refractivity contribution in [1.29, 1.82) is 0 Å². The fraction of sp³-hybridized carbons (Fsp3) is 0.120.